The number of fused-ring (bicyclic) bond motifs is 1. The Bertz CT molecular complexity index is 822. The minimum Gasteiger partial charge on any atom is -0.321 e. The highest BCUT2D eigenvalue weighted by Crippen LogP contribution is 2.38. The molecule has 1 aromatic carbocycles. The number of hydrogen-bond donors (Lipinski definition) is 2. The fourth-order valence-electron chi connectivity index (χ4n) is 2.86. The molecule has 0 spiro atoms. The van der Waals surface area contributed by atoms with Crippen LogP contribution in [0.15, 0.2) is 34.4 Å². The van der Waals surface area contributed by atoms with Gasteiger partial charge in [-0.25, -0.2) is 10.4 Å². The maximum Gasteiger partial charge on any atom is 0.168 e. The molecule has 24 heavy (non-hydrogen) atoms. The molecule has 7 heteroatoms. The molecule has 1 atom stereocenters. The molecular weight excluding hydrogens is 342 g/mol. The van der Waals surface area contributed by atoms with Gasteiger partial charge >= 0.3 is 0 Å². The van der Waals surface area contributed by atoms with Crippen LogP contribution in [0, 0.1) is 13.8 Å². The van der Waals surface area contributed by atoms with Gasteiger partial charge in [-0.1, -0.05) is 23.7 Å². The van der Waals surface area contributed by atoms with Crippen molar-refractivity contribution in [1.82, 2.24) is 5.43 Å². The number of benzene rings is 1. The van der Waals surface area contributed by atoms with Crippen LogP contribution in [-0.2, 0) is 0 Å². The minimum absolute atomic E-state index is 0.174. The number of aliphatic imine (C=N–C) groups is 1. The largest absolute Gasteiger partial charge is 0.321 e. The molecule has 1 aromatic heterocycles. The number of aryl methyl sites for hydroxylation is 1. The summed E-state index contributed by atoms with van der Waals surface area (Å²) in [5.74, 6) is 6.34. The standard InChI is InChI=1S/C17H20ClN5S/c1-9-11(3)24-17-14(9)15(12-5-7-13(18)8-6-12)21-10(2)16(22-19)23(17)20-4/h5-8,10,20H,19H2,1-4H3/b22-16-. The predicted octanol–water partition coefficient (Wildman–Crippen LogP) is 3.47. The Labute approximate surface area is 150 Å². The lowest BCUT2D eigenvalue weighted by Gasteiger charge is -2.23. The first kappa shape index (κ1) is 17.0. The number of amidine groups is 1. The first-order valence-corrected chi connectivity index (χ1v) is 8.86. The monoisotopic (exact) mass is 361 g/mol. The summed E-state index contributed by atoms with van der Waals surface area (Å²) in [5.41, 5.74) is 7.49. The molecule has 0 amide bonds. The number of nitrogens with one attached hydrogen (secondary N) is 1. The zero-order chi connectivity index (χ0) is 17.4. The summed E-state index contributed by atoms with van der Waals surface area (Å²) in [6.07, 6.45) is 0. The van der Waals surface area contributed by atoms with Gasteiger partial charge in [-0.3, -0.25) is 4.99 Å². The van der Waals surface area contributed by atoms with Crippen molar-refractivity contribution in [2.75, 3.05) is 12.1 Å². The van der Waals surface area contributed by atoms with E-state index < -0.39 is 0 Å². The maximum atomic E-state index is 6.05. The van der Waals surface area contributed by atoms with Gasteiger partial charge in [0.2, 0.25) is 0 Å². The summed E-state index contributed by atoms with van der Waals surface area (Å²) < 4.78 is 0. The summed E-state index contributed by atoms with van der Waals surface area (Å²) in [4.78, 5) is 6.17. The topological polar surface area (TPSA) is 66.0 Å². The molecule has 1 aliphatic rings. The third kappa shape index (κ3) is 2.70. The molecule has 1 aliphatic heterocycles. The lowest BCUT2D eigenvalue weighted by atomic mass is 10.00. The molecule has 5 nitrogen and oxygen atoms in total. The highest BCUT2D eigenvalue weighted by atomic mass is 35.5. The van der Waals surface area contributed by atoms with Gasteiger partial charge in [0.25, 0.3) is 0 Å². The summed E-state index contributed by atoms with van der Waals surface area (Å²) in [6, 6.07) is 7.59. The van der Waals surface area contributed by atoms with E-state index in [4.69, 9.17) is 22.4 Å². The van der Waals surface area contributed by atoms with Crippen LogP contribution >= 0.6 is 22.9 Å². The summed E-state index contributed by atoms with van der Waals surface area (Å²) in [6.45, 7) is 6.23. The van der Waals surface area contributed by atoms with Gasteiger partial charge in [0.05, 0.1) is 5.71 Å². The Kier molecular flexibility index (Phi) is 4.62. The van der Waals surface area contributed by atoms with Crippen LogP contribution in [0.4, 0.5) is 5.00 Å². The average molecular weight is 362 g/mol. The van der Waals surface area contributed by atoms with Crippen LogP contribution in [0.1, 0.15) is 28.5 Å². The molecule has 0 aliphatic carbocycles. The number of anilines is 1. The van der Waals surface area contributed by atoms with Gasteiger partial charge in [0.1, 0.15) is 11.0 Å². The second-order valence-electron chi connectivity index (χ2n) is 5.67. The van der Waals surface area contributed by atoms with E-state index >= 15 is 0 Å². The number of thiophene rings is 1. The Hall–Kier alpha value is -1.89. The molecule has 3 rings (SSSR count). The van der Waals surface area contributed by atoms with E-state index in [0.717, 1.165) is 21.8 Å². The highest BCUT2D eigenvalue weighted by molar-refractivity contribution is 7.17. The van der Waals surface area contributed by atoms with E-state index in [1.807, 2.05) is 43.2 Å². The zero-order valence-electron chi connectivity index (χ0n) is 14.1. The van der Waals surface area contributed by atoms with E-state index in [0.29, 0.717) is 10.9 Å². The van der Waals surface area contributed by atoms with Crippen LogP contribution in [0.25, 0.3) is 0 Å². The second kappa shape index (κ2) is 6.55. The van der Waals surface area contributed by atoms with Crippen LogP contribution in [-0.4, -0.2) is 24.6 Å². The van der Waals surface area contributed by atoms with Gasteiger partial charge in [0, 0.05) is 28.1 Å². The molecule has 2 aromatic rings. The van der Waals surface area contributed by atoms with Crippen molar-refractivity contribution in [3.8, 4) is 0 Å². The second-order valence-corrected chi connectivity index (χ2v) is 7.31. The van der Waals surface area contributed by atoms with E-state index in [9.17, 15) is 0 Å². The molecule has 2 heterocycles. The SMILES string of the molecule is CNN1/C(=N\N)C(C)N=C(c2ccc(Cl)cc2)c2c1sc(C)c2C. The third-order valence-corrected chi connectivity index (χ3v) is 5.65. The van der Waals surface area contributed by atoms with Crippen molar-refractivity contribution < 1.29 is 0 Å². The van der Waals surface area contributed by atoms with Crippen molar-refractivity contribution in [2.24, 2.45) is 15.9 Å². The lowest BCUT2D eigenvalue weighted by molar-refractivity contribution is 0.818. The van der Waals surface area contributed by atoms with Crippen molar-refractivity contribution >= 4 is 39.5 Å². The molecule has 0 fully saturated rings. The number of hydrogen-bond acceptors (Lipinski definition) is 5. The Morgan fingerprint density at radius 2 is 1.96 bits per heavy atom. The normalized spacial score (nSPS) is 19.2. The van der Waals surface area contributed by atoms with E-state index in [2.05, 4.69) is 24.4 Å². The van der Waals surface area contributed by atoms with Gasteiger partial charge in [-0.15, -0.1) is 11.3 Å². The smallest absolute Gasteiger partial charge is 0.168 e. The van der Waals surface area contributed by atoms with Gasteiger partial charge in [-0.05, 0) is 38.5 Å². The summed E-state index contributed by atoms with van der Waals surface area (Å²) in [5, 5.41) is 7.67. The number of nitrogens with zero attached hydrogens (tertiary/aromatic N) is 3. The average Bonchev–Trinajstić information content (AvgIpc) is 2.79. The number of hydrazone groups is 1. The van der Waals surface area contributed by atoms with E-state index in [-0.39, 0.29) is 6.04 Å². The van der Waals surface area contributed by atoms with Crippen molar-refractivity contribution in [3.05, 3.63) is 50.9 Å². The van der Waals surface area contributed by atoms with Gasteiger partial charge < -0.3 is 5.84 Å². The molecule has 0 radical (unpaired) electrons. The van der Waals surface area contributed by atoms with Crippen molar-refractivity contribution in [2.45, 2.75) is 26.8 Å². The Morgan fingerprint density at radius 1 is 1.29 bits per heavy atom. The quantitative estimate of drug-likeness (QED) is 0.635. The van der Waals surface area contributed by atoms with Crippen LogP contribution in [0.5, 0.6) is 0 Å². The van der Waals surface area contributed by atoms with Gasteiger partial charge in [-0.2, -0.15) is 5.10 Å². The molecule has 0 saturated carbocycles. The van der Waals surface area contributed by atoms with Crippen LogP contribution in [0.3, 0.4) is 0 Å². The maximum absolute atomic E-state index is 6.05. The fourth-order valence-corrected chi connectivity index (χ4v) is 4.16. The summed E-state index contributed by atoms with van der Waals surface area (Å²) >= 11 is 7.75. The number of hydrazine groups is 1. The zero-order valence-corrected chi connectivity index (χ0v) is 15.7. The number of nitrogens with two attached hydrogens (primary N) is 1. The lowest BCUT2D eigenvalue weighted by Crippen LogP contribution is -2.45. The Balaban J connectivity index is 2.30. The molecule has 0 saturated heterocycles. The minimum atomic E-state index is -0.174. The molecular formula is C17H20ClN5S. The van der Waals surface area contributed by atoms with E-state index in [1.165, 1.54) is 10.4 Å². The first-order valence-electron chi connectivity index (χ1n) is 7.67. The van der Waals surface area contributed by atoms with Crippen molar-refractivity contribution in [3.63, 3.8) is 0 Å². The molecule has 0 bridgehead atoms. The first-order chi connectivity index (χ1) is 11.5. The number of halogens is 1. The molecule has 3 N–H and O–H groups in total. The third-order valence-electron chi connectivity index (χ3n) is 4.21. The highest BCUT2D eigenvalue weighted by Gasteiger charge is 2.31. The Morgan fingerprint density at radius 3 is 2.54 bits per heavy atom. The van der Waals surface area contributed by atoms with E-state index in [1.54, 1.807) is 11.3 Å². The van der Waals surface area contributed by atoms with Gasteiger partial charge in [0.15, 0.2) is 5.84 Å². The predicted molar refractivity (Wildman–Crippen MR) is 104 cm³/mol. The summed E-state index contributed by atoms with van der Waals surface area (Å²) in [7, 11) is 1.86. The molecule has 126 valence electrons. The number of rotatable bonds is 2. The van der Waals surface area contributed by atoms with Crippen molar-refractivity contribution in [1.29, 1.82) is 0 Å². The van der Waals surface area contributed by atoms with Crippen LogP contribution in [0.2, 0.25) is 5.02 Å². The molecule has 1 unspecified atom stereocenters. The van der Waals surface area contributed by atoms with Crippen LogP contribution < -0.4 is 16.3 Å². The fraction of sp³-hybridized carbons (Fsp3) is 0.294.